The molecule has 0 spiro atoms. The highest BCUT2D eigenvalue weighted by atomic mass is 16.5. The van der Waals surface area contributed by atoms with E-state index in [4.69, 9.17) is 15.6 Å². The van der Waals surface area contributed by atoms with Gasteiger partial charge in [-0.15, -0.1) is 0 Å². The highest BCUT2D eigenvalue weighted by molar-refractivity contribution is 5.81. The Balaban J connectivity index is 1.51. The molecular formula is C21H34N6O4. The van der Waals surface area contributed by atoms with Crippen LogP contribution in [0.4, 0.5) is 5.82 Å². The predicted octanol–water partition coefficient (Wildman–Crippen LogP) is 2.24. The monoisotopic (exact) mass is 434 g/mol. The van der Waals surface area contributed by atoms with Crippen LogP contribution in [-0.2, 0) is 11.3 Å². The van der Waals surface area contributed by atoms with E-state index in [1.165, 1.54) is 0 Å². The third-order valence-corrected chi connectivity index (χ3v) is 5.78. The van der Waals surface area contributed by atoms with Crippen molar-refractivity contribution < 1.29 is 14.6 Å². The molecule has 0 bridgehead atoms. The molecule has 3 rings (SSSR count). The van der Waals surface area contributed by atoms with E-state index in [2.05, 4.69) is 26.8 Å². The zero-order chi connectivity index (χ0) is 22.2. The molecule has 10 heteroatoms. The van der Waals surface area contributed by atoms with Crippen molar-refractivity contribution in [2.75, 3.05) is 32.0 Å². The number of aryl methyl sites for hydroxylation is 1. The number of fused-ring (bicyclic) bond motifs is 1. The zero-order valence-electron chi connectivity index (χ0n) is 18.3. The number of nitrogen functional groups attached to an aromatic ring is 1. The van der Waals surface area contributed by atoms with E-state index in [0.717, 1.165) is 64.6 Å². The van der Waals surface area contributed by atoms with Gasteiger partial charge in [-0.2, -0.15) is 9.97 Å². The van der Waals surface area contributed by atoms with Gasteiger partial charge < -0.3 is 25.5 Å². The SMILES string of the molecule is CCCCOc1nc(N)c2[nH]c(=O)n(CCCCCN3CCCC(CC(=O)O)C3)c2n1. The summed E-state index contributed by atoms with van der Waals surface area (Å²) in [4.78, 5) is 37.0. The number of carbonyl (C=O) groups is 1. The van der Waals surface area contributed by atoms with Gasteiger partial charge in [0.05, 0.1) is 6.61 Å². The molecule has 0 radical (unpaired) electrons. The Hall–Kier alpha value is -2.62. The Labute approximate surface area is 181 Å². The molecule has 3 heterocycles. The Morgan fingerprint density at radius 1 is 1.26 bits per heavy atom. The van der Waals surface area contributed by atoms with Crippen LogP contribution in [-0.4, -0.2) is 61.7 Å². The third kappa shape index (κ3) is 6.43. The lowest BCUT2D eigenvalue weighted by atomic mass is 9.95. The van der Waals surface area contributed by atoms with E-state index in [-0.39, 0.29) is 29.9 Å². The summed E-state index contributed by atoms with van der Waals surface area (Å²) in [7, 11) is 0. The van der Waals surface area contributed by atoms with Gasteiger partial charge in [0.2, 0.25) is 0 Å². The van der Waals surface area contributed by atoms with Crippen molar-refractivity contribution in [1.29, 1.82) is 0 Å². The van der Waals surface area contributed by atoms with Crippen LogP contribution in [0.1, 0.15) is 58.3 Å². The van der Waals surface area contributed by atoms with Crippen LogP contribution in [0, 0.1) is 5.92 Å². The van der Waals surface area contributed by atoms with Crippen LogP contribution in [0.15, 0.2) is 4.79 Å². The zero-order valence-corrected chi connectivity index (χ0v) is 18.3. The minimum atomic E-state index is -0.709. The van der Waals surface area contributed by atoms with E-state index in [1.54, 1.807) is 4.57 Å². The summed E-state index contributed by atoms with van der Waals surface area (Å²) in [6, 6.07) is 0.201. The maximum absolute atomic E-state index is 12.4. The van der Waals surface area contributed by atoms with Gasteiger partial charge >= 0.3 is 17.7 Å². The normalized spacial score (nSPS) is 17.3. The quantitative estimate of drug-likeness (QED) is 0.432. The number of nitrogens with one attached hydrogen (secondary N) is 1. The van der Waals surface area contributed by atoms with Crippen LogP contribution < -0.4 is 16.2 Å². The topological polar surface area (TPSA) is 139 Å². The number of ether oxygens (including phenoxy) is 1. The van der Waals surface area contributed by atoms with Gasteiger partial charge in [0.25, 0.3) is 0 Å². The Bertz CT molecular complexity index is 924. The number of unbranched alkanes of at least 4 members (excludes halogenated alkanes) is 3. The van der Waals surface area contributed by atoms with Gasteiger partial charge in [-0.25, -0.2) is 4.79 Å². The largest absolute Gasteiger partial charge is 0.481 e. The molecule has 0 amide bonds. The Morgan fingerprint density at radius 2 is 2.06 bits per heavy atom. The smallest absolute Gasteiger partial charge is 0.327 e. The van der Waals surface area contributed by atoms with Crippen LogP contribution >= 0.6 is 0 Å². The van der Waals surface area contributed by atoms with Crippen molar-refractivity contribution in [1.82, 2.24) is 24.4 Å². The maximum Gasteiger partial charge on any atom is 0.327 e. The molecule has 1 unspecified atom stereocenters. The van der Waals surface area contributed by atoms with Crippen molar-refractivity contribution >= 4 is 23.0 Å². The second kappa shape index (κ2) is 11.1. The molecule has 0 aromatic carbocycles. The summed E-state index contributed by atoms with van der Waals surface area (Å²) in [5.41, 5.74) is 6.68. The van der Waals surface area contributed by atoms with Crippen molar-refractivity contribution in [2.45, 2.75) is 64.8 Å². The van der Waals surface area contributed by atoms with Crippen LogP contribution in [0.2, 0.25) is 0 Å². The molecule has 172 valence electrons. The fourth-order valence-electron chi connectivity index (χ4n) is 4.16. The molecule has 1 saturated heterocycles. The number of hydrogen-bond donors (Lipinski definition) is 3. The first-order chi connectivity index (χ1) is 15.0. The number of carboxylic acid groups (broad SMARTS) is 1. The number of aliphatic carboxylic acids is 1. The molecule has 4 N–H and O–H groups in total. The van der Waals surface area contributed by atoms with Crippen molar-refractivity contribution in [3.63, 3.8) is 0 Å². The first-order valence-electron chi connectivity index (χ1n) is 11.3. The fraction of sp³-hybridized carbons (Fsp3) is 0.714. The molecule has 10 nitrogen and oxygen atoms in total. The van der Waals surface area contributed by atoms with E-state index in [0.29, 0.717) is 24.3 Å². The van der Waals surface area contributed by atoms with Crippen molar-refractivity contribution in [3.05, 3.63) is 10.5 Å². The van der Waals surface area contributed by atoms with Gasteiger partial charge in [-0.3, -0.25) is 9.36 Å². The maximum atomic E-state index is 12.4. The van der Waals surface area contributed by atoms with Gasteiger partial charge in [0.15, 0.2) is 11.5 Å². The summed E-state index contributed by atoms with van der Waals surface area (Å²) in [5, 5.41) is 9.00. The molecule has 1 atom stereocenters. The number of piperidine rings is 1. The number of aromatic nitrogens is 4. The number of imidazole rings is 1. The number of hydrogen-bond acceptors (Lipinski definition) is 7. The standard InChI is InChI=1S/C21H34N6O4/c1-2-3-12-31-20-24-18(22)17-19(25-20)27(21(30)23-17)11-6-4-5-9-26-10-7-8-15(14-26)13-16(28)29/h15H,2-14H2,1H3,(H,23,30)(H,28,29)(H2,22,24,25). The van der Waals surface area contributed by atoms with E-state index >= 15 is 0 Å². The third-order valence-electron chi connectivity index (χ3n) is 5.78. The van der Waals surface area contributed by atoms with Crippen LogP contribution in [0.5, 0.6) is 6.01 Å². The average Bonchev–Trinajstić information content (AvgIpc) is 3.04. The number of rotatable bonds is 12. The minimum absolute atomic E-state index is 0.201. The lowest BCUT2D eigenvalue weighted by molar-refractivity contribution is -0.138. The number of H-pyrrole nitrogens is 1. The summed E-state index contributed by atoms with van der Waals surface area (Å²) >= 11 is 0. The highest BCUT2D eigenvalue weighted by Crippen LogP contribution is 2.21. The van der Waals surface area contributed by atoms with E-state index < -0.39 is 5.97 Å². The number of nitrogens with zero attached hydrogens (tertiary/aromatic N) is 4. The number of aromatic amines is 1. The lowest BCUT2D eigenvalue weighted by Crippen LogP contribution is -2.36. The number of likely N-dealkylation sites (tertiary alicyclic amines) is 1. The van der Waals surface area contributed by atoms with E-state index in [9.17, 15) is 9.59 Å². The summed E-state index contributed by atoms with van der Waals surface area (Å²) in [6.45, 7) is 6.00. The summed E-state index contributed by atoms with van der Waals surface area (Å²) < 4.78 is 7.17. The molecule has 0 saturated carbocycles. The molecule has 2 aromatic heterocycles. The Kier molecular flexibility index (Phi) is 8.27. The Morgan fingerprint density at radius 3 is 2.84 bits per heavy atom. The van der Waals surface area contributed by atoms with Crippen LogP contribution in [0.3, 0.4) is 0 Å². The second-order valence-electron chi connectivity index (χ2n) is 8.34. The van der Waals surface area contributed by atoms with Gasteiger partial charge in [0.1, 0.15) is 5.52 Å². The molecule has 2 aromatic rings. The summed E-state index contributed by atoms with van der Waals surface area (Å²) in [5.74, 6) is -0.234. The minimum Gasteiger partial charge on any atom is -0.481 e. The molecule has 31 heavy (non-hydrogen) atoms. The lowest BCUT2D eigenvalue weighted by Gasteiger charge is -2.32. The van der Waals surface area contributed by atoms with Gasteiger partial charge in [0, 0.05) is 19.5 Å². The summed E-state index contributed by atoms with van der Waals surface area (Å²) in [6.07, 6.45) is 7.05. The molecule has 0 aliphatic carbocycles. The van der Waals surface area contributed by atoms with Gasteiger partial charge in [-0.05, 0) is 51.1 Å². The number of carboxylic acids is 1. The van der Waals surface area contributed by atoms with Crippen LogP contribution in [0.25, 0.3) is 11.2 Å². The highest BCUT2D eigenvalue weighted by Gasteiger charge is 2.21. The fourth-order valence-corrected chi connectivity index (χ4v) is 4.16. The predicted molar refractivity (Wildman–Crippen MR) is 118 cm³/mol. The molecule has 1 aliphatic heterocycles. The first kappa shape index (κ1) is 23.1. The second-order valence-corrected chi connectivity index (χ2v) is 8.34. The average molecular weight is 435 g/mol. The van der Waals surface area contributed by atoms with Crippen molar-refractivity contribution in [2.24, 2.45) is 5.92 Å². The number of nitrogens with two attached hydrogens (primary N) is 1. The first-order valence-corrected chi connectivity index (χ1v) is 11.3. The molecular weight excluding hydrogens is 400 g/mol. The van der Waals surface area contributed by atoms with E-state index in [1.807, 2.05) is 0 Å². The van der Waals surface area contributed by atoms with Crippen molar-refractivity contribution in [3.8, 4) is 6.01 Å². The van der Waals surface area contributed by atoms with Gasteiger partial charge in [-0.1, -0.05) is 19.8 Å². The number of anilines is 1. The molecule has 1 fully saturated rings. The molecule has 1 aliphatic rings.